The highest BCUT2D eigenvalue weighted by Gasteiger charge is 2.13. The van der Waals surface area contributed by atoms with E-state index >= 15 is 0 Å². The fraction of sp³-hybridized carbons (Fsp3) is 0.263. The average molecular weight is 389 g/mol. The molecule has 3 rings (SSSR count). The Morgan fingerprint density at radius 2 is 1.92 bits per heavy atom. The number of hydrogen-bond donors (Lipinski definition) is 0. The van der Waals surface area contributed by atoms with Gasteiger partial charge >= 0.3 is 0 Å². The summed E-state index contributed by atoms with van der Waals surface area (Å²) in [6.07, 6.45) is 0. The molecule has 130 valence electrons. The van der Waals surface area contributed by atoms with Crippen LogP contribution in [0.4, 0.5) is 0 Å². The smallest absolute Gasteiger partial charge is 0.253 e. The normalized spacial score (nSPS) is 10.8. The molecule has 0 N–H and O–H groups in total. The second-order valence-electron chi connectivity index (χ2n) is 5.86. The summed E-state index contributed by atoms with van der Waals surface area (Å²) in [7, 11) is 1.86. The number of aryl methyl sites for hydroxylation is 2. The average Bonchev–Trinajstić information content (AvgIpc) is 3.21. The van der Waals surface area contributed by atoms with Crippen LogP contribution >= 0.6 is 34.4 Å². The van der Waals surface area contributed by atoms with Crippen molar-refractivity contribution in [2.24, 2.45) is 0 Å². The molecule has 0 spiro atoms. The molecule has 1 amide bonds. The zero-order chi connectivity index (χ0) is 17.8. The van der Waals surface area contributed by atoms with Gasteiger partial charge in [0.2, 0.25) is 0 Å². The van der Waals surface area contributed by atoms with Gasteiger partial charge in [-0.25, -0.2) is 4.98 Å². The second kappa shape index (κ2) is 8.17. The molecule has 0 aliphatic heterocycles. The van der Waals surface area contributed by atoms with Crippen molar-refractivity contribution in [3.8, 4) is 0 Å². The van der Waals surface area contributed by atoms with Crippen molar-refractivity contribution in [2.75, 3.05) is 7.05 Å². The maximum Gasteiger partial charge on any atom is 0.253 e. The van der Waals surface area contributed by atoms with Gasteiger partial charge in [-0.05, 0) is 55.1 Å². The van der Waals surface area contributed by atoms with Gasteiger partial charge in [0.05, 0.1) is 17.2 Å². The van der Waals surface area contributed by atoms with Crippen LogP contribution in [0.2, 0.25) is 0 Å². The van der Waals surface area contributed by atoms with Crippen LogP contribution < -0.4 is 0 Å². The number of thiazole rings is 1. The summed E-state index contributed by atoms with van der Waals surface area (Å²) in [5.41, 5.74) is 3.08. The van der Waals surface area contributed by atoms with Crippen LogP contribution in [-0.2, 0) is 12.3 Å². The number of thioether (sulfide) groups is 1. The molecule has 2 aromatic heterocycles. The maximum atomic E-state index is 12.6. The standard InChI is InChI=1S/C19H20N2OS3/c1-13-8-9-23-18(13)10-21(3)19(22)15-4-6-17(7-5-15)25-12-16-11-24-14(2)20-16/h4-9,11H,10,12H2,1-3H3. The number of benzene rings is 1. The lowest BCUT2D eigenvalue weighted by atomic mass is 10.2. The minimum Gasteiger partial charge on any atom is -0.337 e. The number of carbonyl (C=O) groups is 1. The first-order chi connectivity index (χ1) is 12.0. The van der Waals surface area contributed by atoms with Gasteiger partial charge in [-0.2, -0.15) is 0 Å². The van der Waals surface area contributed by atoms with Crippen LogP contribution in [0.5, 0.6) is 0 Å². The Balaban J connectivity index is 1.59. The molecule has 2 heterocycles. The zero-order valence-electron chi connectivity index (χ0n) is 14.5. The van der Waals surface area contributed by atoms with Gasteiger partial charge in [-0.15, -0.1) is 34.4 Å². The Kier molecular flexibility index (Phi) is 5.93. The highest BCUT2D eigenvalue weighted by molar-refractivity contribution is 7.98. The van der Waals surface area contributed by atoms with E-state index in [1.807, 2.05) is 38.2 Å². The van der Waals surface area contributed by atoms with Crippen molar-refractivity contribution in [3.05, 3.63) is 67.8 Å². The molecular formula is C19H20N2OS3. The van der Waals surface area contributed by atoms with Crippen molar-refractivity contribution in [1.82, 2.24) is 9.88 Å². The summed E-state index contributed by atoms with van der Waals surface area (Å²) in [6.45, 7) is 4.76. The van der Waals surface area contributed by atoms with E-state index in [4.69, 9.17) is 0 Å². The van der Waals surface area contributed by atoms with Gasteiger partial charge in [0.15, 0.2) is 0 Å². The van der Waals surface area contributed by atoms with Crippen LogP contribution in [0.25, 0.3) is 0 Å². The molecule has 0 radical (unpaired) electrons. The summed E-state index contributed by atoms with van der Waals surface area (Å²) in [4.78, 5) is 21.2. The topological polar surface area (TPSA) is 33.2 Å². The second-order valence-corrected chi connectivity index (χ2v) is 8.97. The van der Waals surface area contributed by atoms with Gasteiger partial charge in [-0.3, -0.25) is 4.79 Å². The number of rotatable bonds is 6. The number of nitrogens with zero attached hydrogens (tertiary/aromatic N) is 2. The molecule has 1 aromatic carbocycles. The lowest BCUT2D eigenvalue weighted by Crippen LogP contribution is -2.26. The Hall–Kier alpha value is -1.63. The highest BCUT2D eigenvalue weighted by atomic mass is 32.2. The molecule has 0 aliphatic rings. The maximum absolute atomic E-state index is 12.6. The van der Waals surface area contributed by atoms with E-state index in [9.17, 15) is 4.79 Å². The monoisotopic (exact) mass is 388 g/mol. The lowest BCUT2D eigenvalue weighted by Gasteiger charge is -2.17. The summed E-state index contributed by atoms with van der Waals surface area (Å²) >= 11 is 5.12. The number of hydrogen-bond acceptors (Lipinski definition) is 5. The first-order valence-corrected chi connectivity index (χ1v) is 10.7. The Morgan fingerprint density at radius 3 is 2.52 bits per heavy atom. The summed E-state index contributed by atoms with van der Waals surface area (Å²) < 4.78 is 0. The number of thiophene rings is 1. The van der Waals surface area contributed by atoms with E-state index < -0.39 is 0 Å². The largest absolute Gasteiger partial charge is 0.337 e. The predicted octanol–water partition coefficient (Wildman–Crippen LogP) is 5.39. The van der Waals surface area contributed by atoms with E-state index in [1.54, 1.807) is 39.3 Å². The third-order valence-corrected chi connectivity index (χ3v) is 6.73. The van der Waals surface area contributed by atoms with Gasteiger partial charge in [0, 0.05) is 33.5 Å². The molecule has 0 aliphatic carbocycles. The molecule has 3 nitrogen and oxygen atoms in total. The third kappa shape index (κ3) is 4.71. The molecule has 25 heavy (non-hydrogen) atoms. The van der Waals surface area contributed by atoms with Crippen molar-refractivity contribution >= 4 is 40.3 Å². The predicted molar refractivity (Wildman–Crippen MR) is 108 cm³/mol. The molecule has 0 unspecified atom stereocenters. The van der Waals surface area contributed by atoms with Gasteiger partial charge < -0.3 is 4.90 Å². The summed E-state index contributed by atoms with van der Waals surface area (Å²) in [6, 6.07) is 9.94. The zero-order valence-corrected chi connectivity index (χ0v) is 16.9. The Bertz CT molecular complexity index is 852. The van der Waals surface area contributed by atoms with E-state index in [0.29, 0.717) is 6.54 Å². The molecule has 6 heteroatoms. The summed E-state index contributed by atoms with van der Waals surface area (Å²) in [5, 5.41) is 5.26. The minimum absolute atomic E-state index is 0.0551. The van der Waals surface area contributed by atoms with E-state index in [1.165, 1.54) is 10.4 Å². The summed E-state index contributed by atoms with van der Waals surface area (Å²) in [5.74, 6) is 0.911. The van der Waals surface area contributed by atoms with Gasteiger partial charge in [0.1, 0.15) is 0 Å². The highest BCUT2D eigenvalue weighted by Crippen LogP contribution is 2.24. The molecule has 0 fully saturated rings. The van der Waals surface area contributed by atoms with E-state index in [0.717, 1.165) is 26.9 Å². The van der Waals surface area contributed by atoms with Crippen molar-refractivity contribution < 1.29 is 4.79 Å². The first-order valence-electron chi connectivity index (χ1n) is 7.95. The molecule has 0 atom stereocenters. The first kappa shape index (κ1) is 18.2. The Morgan fingerprint density at radius 1 is 1.16 bits per heavy atom. The van der Waals surface area contributed by atoms with Crippen LogP contribution in [0.1, 0.15) is 31.5 Å². The van der Waals surface area contributed by atoms with E-state index in [2.05, 4.69) is 28.7 Å². The SMILES string of the molecule is Cc1nc(CSc2ccc(C(=O)N(C)Cc3sccc3C)cc2)cs1. The van der Waals surface area contributed by atoms with Crippen LogP contribution in [0.3, 0.4) is 0 Å². The van der Waals surface area contributed by atoms with Gasteiger partial charge in [0.25, 0.3) is 5.91 Å². The fourth-order valence-corrected chi connectivity index (χ4v) is 4.87. The third-order valence-electron chi connectivity index (χ3n) is 3.85. The van der Waals surface area contributed by atoms with Crippen LogP contribution in [0.15, 0.2) is 46.0 Å². The van der Waals surface area contributed by atoms with Gasteiger partial charge in [-0.1, -0.05) is 0 Å². The van der Waals surface area contributed by atoms with Crippen molar-refractivity contribution in [3.63, 3.8) is 0 Å². The molecule has 3 aromatic rings. The molecule has 0 saturated heterocycles. The number of aromatic nitrogens is 1. The van der Waals surface area contributed by atoms with Crippen LogP contribution in [-0.4, -0.2) is 22.8 Å². The quantitative estimate of drug-likeness (QED) is 0.531. The lowest BCUT2D eigenvalue weighted by molar-refractivity contribution is 0.0786. The van der Waals surface area contributed by atoms with Crippen molar-refractivity contribution in [1.29, 1.82) is 0 Å². The number of amides is 1. The molecule has 0 bridgehead atoms. The van der Waals surface area contributed by atoms with Crippen molar-refractivity contribution in [2.45, 2.75) is 31.0 Å². The molecular weight excluding hydrogens is 368 g/mol. The van der Waals surface area contributed by atoms with E-state index in [-0.39, 0.29) is 5.91 Å². The fourth-order valence-electron chi connectivity index (χ4n) is 2.40. The number of carbonyl (C=O) groups excluding carboxylic acids is 1. The van der Waals surface area contributed by atoms with Crippen LogP contribution in [0, 0.1) is 13.8 Å². The molecule has 0 saturated carbocycles. The minimum atomic E-state index is 0.0551. The Labute approximate surface area is 160 Å².